The molecule has 5 nitrogen and oxygen atoms in total. The van der Waals surface area contributed by atoms with Gasteiger partial charge in [0, 0.05) is 0 Å². The Bertz CT molecular complexity index is 724. The Morgan fingerprint density at radius 2 is 1.96 bits per heavy atom. The first-order valence-corrected chi connectivity index (χ1v) is 7.78. The van der Waals surface area contributed by atoms with Gasteiger partial charge < -0.3 is 19.7 Å². The number of ether oxygens (including phenoxy) is 2. The number of carboxylic acid groups (broad SMARTS) is 1. The van der Waals surface area contributed by atoms with Crippen LogP contribution >= 0.6 is 0 Å². The number of aryl methyl sites for hydroxylation is 1. The number of carbonyl (C=O) groups is 1. The second-order valence-corrected chi connectivity index (χ2v) is 5.55. The number of carboxylic acids is 1. The molecule has 0 spiro atoms. The first kappa shape index (κ1) is 17.7. The molecule has 2 rings (SSSR count). The summed E-state index contributed by atoms with van der Waals surface area (Å²) in [4.78, 5) is 11.8. The zero-order chi connectivity index (χ0) is 17.7. The van der Waals surface area contributed by atoms with Crippen LogP contribution in [0.4, 0.5) is 0 Å². The minimum atomic E-state index is -0.894. The van der Waals surface area contributed by atoms with Crippen molar-refractivity contribution in [2.75, 3.05) is 13.7 Å². The highest BCUT2D eigenvalue weighted by molar-refractivity contribution is 5.77. The van der Waals surface area contributed by atoms with Crippen LogP contribution in [0.5, 0.6) is 17.2 Å². The lowest BCUT2D eigenvalue weighted by Crippen LogP contribution is -2.15. The number of rotatable bonds is 7. The van der Waals surface area contributed by atoms with Gasteiger partial charge in [0.15, 0.2) is 11.5 Å². The number of hydrogen-bond donors (Lipinski definition) is 2. The van der Waals surface area contributed by atoms with E-state index in [4.69, 9.17) is 9.47 Å². The highest BCUT2D eigenvalue weighted by Gasteiger charge is 2.23. The molecule has 0 amide bonds. The highest BCUT2D eigenvalue weighted by atomic mass is 16.5. The zero-order valence-corrected chi connectivity index (χ0v) is 14.1. The van der Waals surface area contributed by atoms with Crippen molar-refractivity contribution in [1.82, 2.24) is 0 Å². The molecule has 0 radical (unpaired) electrons. The maximum absolute atomic E-state index is 11.8. The van der Waals surface area contributed by atoms with Crippen LogP contribution in [0, 0.1) is 6.92 Å². The Hall–Kier alpha value is -2.69. The second kappa shape index (κ2) is 7.73. The molecule has 2 aromatic carbocycles. The summed E-state index contributed by atoms with van der Waals surface area (Å²) in [5.41, 5.74) is 2.40. The molecule has 0 aromatic heterocycles. The summed E-state index contributed by atoms with van der Waals surface area (Å²) >= 11 is 0. The van der Waals surface area contributed by atoms with Gasteiger partial charge in [-0.15, -0.1) is 0 Å². The van der Waals surface area contributed by atoms with Gasteiger partial charge in [-0.3, -0.25) is 4.79 Å². The third-order valence-electron chi connectivity index (χ3n) is 3.91. The summed E-state index contributed by atoms with van der Waals surface area (Å²) in [7, 11) is 1.58. The van der Waals surface area contributed by atoms with Crippen molar-refractivity contribution in [3.05, 3.63) is 53.1 Å². The van der Waals surface area contributed by atoms with E-state index in [1.807, 2.05) is 19.9 Å². The minimum Gasteiger partial charge on any atom is -0.504 e. The molecule has 24 heavy (non-hydrogen) atoms. The van der Waals surface area contributed by atoms with Crippen molar-refractivity contribution in [1.29, 1.82) is 0 Å². The summed E-state index contributed by atoms with van der Waals surface area (Å²) in [6.45, 7) is 4.13. The number of hydrogen-bond acceptors (Lipinski definition) is 4. The summed E-state index contributed by atoms with van der Waals surface area (Å²) in [5.74, 6) is -0.466. The van der Waals surface area contributed by atoms with Gasteiger partial charge in [-0.05, 0) is 61.2 Å². The van der Waals surface area contributed by atoms with Crippen molar-refractivity contribution in [3.63, 3.8) is 0 Å². The molecular formula is C19H22O5. The summed E-state index contributed by atoms with van der Waals surface area (Å²) in [5, 5.41) is 19.4. The number of aliphatic carboxylic acids is 1. The molecule has 0 bridgehead atoms. The maximum atomic E-state index is 11.8. The standard InChI is InChI=1S/C19H22O5/c1-4-24-18-11-13(5-8-17(18)20)10-16(19(21)22)15-7-6-14(23-3)9-12(15)2/h5-9,11,16,20H,4,10H2,1-3H3,(H,21,22). The van der Waals surface area contributed by atoms with Gasteiger partial charge in [-0.2, -0.15) is 0 Å². The van der Waals surface area contributed by atoms with Gasteiger partial charge in [0.2, 0.25) is 0 Å². The zero-order valence-electron chi connectivity index (χ0n) is 14.1. The van der Waals surface area contributed by atoms with Crippen molar-refractivity contribution in [2.24, 2.45) is 0 Å². The highest BCUT2D eigenvalue weighted by Crippen LogP contribution is 2.31. The van der Waals surface area contributed by atoms with Gasteiger partial charge in [0.05, 0.1) is 19.6 Å². The van der Waals surface area contributed by atoms with E-state index >= 15 is 0 Å². The Morgan fingerprint density at radius 1 is 1.21 bits per heavy atom. The third-order valence-corrected chi connectivity index (χ3v) is 3.91. The minimum absolute atomic E-state index is 0.0492. The number of methoxy groups -OCH3 is 1. The lowest BCUT2D eigenvalue weighted by atomic mass is 9.89. The fraction of sp³-hybridized carbons (Fsp3) is 0.316. The molecule has 1 unspecified atom stereocenters. The van der Waals surface area contributed by atoms with E-state index in [-0.39, 0.29) is 5.75 Å². The fourth-order valence-corrected chi connectivity index (χ4v) is 2.69. The van der Waals surface area contributed by atoms with Crippen LogP contribution in [0.15, 0.2) is 36.4 Å². The van der Waals surface area contributed by atoms with Crippen molar-refractivity contribution >= 4 is 5.97 Å². The quantitative estimate of drug-likeness (QED) is 0.812. The fourth-order valence-electron chi connectivity index (χ4n) is 2.69. The van der Waals surface area contributed by atoms with Gasteiger partial charge in [-0.25, -0.2) is 0 Å². The summed E-state index contributed by atoms with van der Waals surface area (Å²) in [6.07, 6.45) is 0.308. The van der Waals surface area contributed by atoms with Crippen LogP contribution in [0.2, 0.25) is 0 Å². The van der Waals surface area contributed by atoms with Crippen molar-refractivity contribution < 1.29 is 24.5 Å². The van der Waals surface area contributed by atoms with E-state index in [1.54, 1.807) is 31.4 Å². The van der Waals surface area contributed by atoms with Crippen LogP contribution in [0.1, 0.15) is 29.5 Å². The van der Waals surface area contributed by atoms with Crippen LogP contribution in [-0.2, 0) is 11.2 Å². The molecule has 1 atom stereocenters. The van der Waals surface area contributed by atoms with Crippen LogP contribution in [0.3, 0.4) is 0 Å². The number of phenols is 1. The average molecular weight is 330 g/mol. The first-order chi connectivity index (χ1) is 11.5. The Balaban J connectivity index is 2.33. The summed E-state index contributed by atoms with van der Waals surface area (Å²) in [6, 6.07) is 10.3. The topological polar surface area (TPSA) is 76.0 Å². The predicted molar refractivity (Wildman–Crippen MR) is 91.1 cm³/mol. The Kier molecular flexibility index (Phi) is 5.68. The van der Waals surface area contributed by atoms with Crippen LogP contribution in [-0.4, -0.2) is 29.9 Å². The smallest absolute Gasteiger partial charge is 0.311 e. The number of benzene rings is 2. The molecule has 0 fully saturated rings. The van der Waals surface area contributed by atoms with E-state index in [2.05, 4.69) is 0 Å². The van der Waals surface area contributed by atoms with Crippen molar-refractivity contribution in [2.45, 2.75) is 26.2 Å². The van der Waals surface area contributed by atoms with Crippen molar-refractivity contribution in [3.8, 4) is 17.2 Å². The molecule has 2 N–H and O–H groups in total. The maximum Gasteiger partial charge on any atom is 0.311 e. The molecule has 0 saturated carbocycles. The monoisotopic (exact) mass is 330 g/mol. The first-order valence-electron chi connectivity index (χ1n) is 7.78. The van der Waals surface area contributed by atoms with Gasteiger partial charge in [0.1, 0.15) is 5.75 Å². The van der Waals surface area contributed by atoms with Crippen LogP contribution < -0.4 is 9.47 Å². The molecule has 0 heterocycles. The normalized spacial score (nSPS) is 11.8. The lowest BCUT2D eigenvalue weighted by molar-refractivity contribution is -0.138. The van der Waals surface area contributed by atoms with Gasteiger partial charge in [0.25, 0.3) is 0 Å². The van der Waals surface area contributed by atoms with E-state index in [0.29, 0.717) is 24.5 Å². The molecule has 0 aliphatic rings. The predicted octanol–water partition coefficient (Wildman–Crippen LogP) is 3.52. The second-order valence-electron chi connectivity index (χ2n) is 5.55. The van der Waals surface area contributed by atoms with Crippen LogP contribution in [0.25, 0.3) is 0 Å². The average Bonchev–Trinajstić information content (AvgIpc) is 2.55. The largest absolute Gasteiger partial charge is 0.504 e. The lowest BCUT2D eigenvalue weighted by Gasteiger charge is -2.17. The van der Waals surface area contributed by atoms with E-state index in [9.17, 15) is 15.0 Å². The van der Waals surface area contributed by atoms with E-state index < -0.39 is 11.9 Å². The SMILES string of the molecule is CCOc1cc(CC(C(=O)O)c2ccc(OC)cc2C)ccc1O. The van der Waals surface area contributed by atoms with Gasteiger partial charge in [-0.1, -0.05) is 12.1 Å². The number of phenolic OH excluding ortho intramolecular Hbond substituents is 1. The molecule has 0 aliphatic heterocycles. The molecular weight excluding hydrogens is 308 g/mol. The summed E-state index contributed by atoms with van der Waals surface area (Å²) < 4.78 is 10.5. The third kappa shape index (κ3) is 3.98. The molecule has 5 heteroatoms. The van der Waals surface area contributed by atoms with E-state index in [0.717, 1.165) is 16.7 Å². The Labute approximate surface area is 141 Å². The molecule has 2 aromatic rings. The molecule has 0 saturated heterocycles. The number of aromatic hydroxyl groups is 1. The molecule has 0 aliphatic carbocycles. The molecule has 128 valence electrons. The van der Waals surface area contributed by atoms with Gasteiger partial charge >= 0.3 is 5.97 Å². The van der Waals surface area contributed by atoms with E-state index in [1.165, 1.54) is 6.07 Å². The Morgan fingerprint density at radius 3 is 2.54 bits per heavy atom.